The molecule has 0 aliphatic carbocycles. The summed E-state index contributed by atoms with van der Waals surface area (Å²) in [5.74, 6) is 0.467. The van der Waals surface area contributed by atoms with E-state index in [1.54, 1.807) is 16.4 Å². The summed E-state index contributed by atoms with van der Waals surface area (Å²) in [6, 6.07) is 7.65. The van der Waals surface area contributed by atoms with Crippen LogP contribution in [0.5, 0.6) is 0 Å². The van der Waals surface area contributed by atoms with Crippen LogP contribution in [0.25, 0.3) is 0 Å². The number of nitrogens with zero attached hydrogens (tertiary/aromatic N) is 1. The Morgan fingerprint density at radius 3 is 2.62 bits per heavy atom. The monoisotopic (exact) mass is 308 g/mol. The first-order valence-electron chi connectivity index (χ1n) is 7.87. The van der Waals surface area contributed by atoms with Crippen molar-refractivity contribution < 1.29 is 8.42 Å². The number of rotatable bonds is 4. The molecule has 116 valence electrons. The molecule has 5 heteroatoms. The van der Waals surface area contributed by atoms with Gasteiger partial charge < -0.3 is 5.32 Å². The third-order valence-corrected chi connectivity index (χ3v) is 6.80. The molecule has 1 aromatic rings. The number of aryl methyl sites for hydroxylation is 1. The average molecular weight is 308 g/mol. The van der Waals surface area contributed by atoms with Crippen LogP contribution in [0, 0.1) is 5.92 Å². The predicted molar refractivity (Wildman–Crippen MR) is 83.7 cm³/mol. The number of sulfonamides is 1. The molecular weight excluding hydrogens is 284 g/mol. The first kappa shape index (κ1) is 15.0. The Kier molecular flexibility index (Phi) is 4.08. The minimum absolute atomic E-state index is 0.0995. The summed E-state index contributed by atoms with van der Waals surface area (Å²) in [5, 5.41) is 3.32. The molecule has 2 saturated heterocycles. The van der Waals surface area contributed by atoms with Crippen LogP contribution in [0.2, 0.25) is 0 Å². The molecule has 2 fully saturated rings. The second kappa shape index (κ2) is 5.71. The minimum Gasteiger partial charge on any atom is -0.315 e. The van der Waals surface area contributed by atoms with Crippen molar-refractivity contribution in [1.82, 2.24) is 9.62 Å². The SMILES string of the molecule is CCCc1ccc(S(=O)(=O)N2C(C)CC3CNCC32)cc1. The largest absolute Gasteiger partial charge is 0.315 e. The van der Waals surface area contributed by atoms with E-state index in [0.29, 0.717) is 10.8 Å². The van der Waals surface area contributed by atoms with Gasteiger partial charge in [-0.2, -0.15) is 4.31 Å². The molecule has 0 bridgehead atoms. The Morgan fingerprint density at radius 1 is 1.24 bits per heavy atom. The van der Waals surface area contributed by atoms with Gasteiger partial charge in [0.15, 0.2) is 0 Å². The van der Waals surface area contributed by atoms with E-state index in [2.05, 4.69) is 12.2 Å². The Labute approximate surface area is 127 Å². The highest BCUT2D eigenvalue weighted by atomic mass is 32.2. The maximum Gasteiger partial charge on any atom is 0.243 e. The summed E-state index contributed by atoms with van der Waals surface area (Å²) in [6.07, 6.45) is 3.03. The second-order valence-corrected chi connectivity index (χ2v) is 8.14. The molecule has 21 heavy (non-hydrogen) atoms. The van der Waals surface area contributed by atoms with Gasteiger partial charge in [0, 0.05) is 18.6 Å². The summed E-state index contributed by atoms with van der Waals surface area (Å²) in [4.78, 5) is 0.432. The second-order valence-electron chi connectivity index (χ2n) is 6.30. The first-order chi connectivity index (χ1) is 10.0. The van der Waals surface area contributed by atoms with Gasteiger partial charge in [0.25, 0.3) is 0 Å². The Morgan fingerprint density at radius 2 is 1.95 bits per heavy atom. The summed E-state index contributed by atoms with van der Waals surface area (Å²) in [5.41, 5.74) is 1.20. The molecule has 0 saturated carbocycles. The zero-order valence-electron chi connectivity index (χ0n) is 12.7. The highest BCUT2D eigenvalue weighted by Gasteiger charge is 2.47. The van der Waals surface area contributed by atoms with Crippen LogP contribution in [0.3, 0.4) is 0 Å². The van der Waals surface area contributed by atoms with Crippen molar-refractivity contribution in [3.8, 4) is 0 Å². The molecule has 2 aliphatic rings. The molecule has 0 amide bonds. The van der Waals surface area contributed by atoms with E-state index < -0.39 is 10.0 Å². The number of hydrogen-bond donors (Lipinski definition) is 1. The molecule has 1 aromatic carbocycles. The molecule has 1 N–H and O–H groups in total. The van der Waals surface area contributed by atoms with E-state index in [4.69, 9.17) is 0 Å². The summed E-state index contributed by atoms with van der Waals surface area (Å²) < 4.78 is 27.7. The van der Waals surface area contributed by atoms with Crippen LogP contribution in [-0.2, 0) is 16.4 Å². The lowest BCUT2D eigenvalue weighted by atomic mass is 10.0. The van der Waals surface area contributed by atoms with Crippen molar-refractivity contribution in [1.29, 1.82) is 0 Å². The van der Waals surface area contributed by atoms with Crippen LogP contribution in [0.1, 0.15) is 32.3 Å². The van der Waals surface area contributed by atoms with Gasteiger partial charge in [-0.15, -0.1) is 0 Å². The topological polar surface area (TPSA) is 49.4 Å². The fraction of sp³-hybridized carbons (Fsp3) is 0.625. The lowest BCUT2D eigenvalue weighted by Gasteiger charge is -2.26. The van der Waals surface area contributed by atoms with E-state index in [9.17, 15) is 8.42 Å². The Bertz CT molecular complexity index is 597. The maximum absolute atomic E-state index is 13.0. The first-order valence-corrected chi connectivity index (χ1v) is 9.31. The number of benzene rings is 1. The van der Waals surface area contributed by atoms with Gasteiger partial charge in [-0.05, 0) is 49.9 Å². The van der Waals surface area contributed by atoms with Gasteiger partial charge in [0.1, 0.15) is 0 Å². The van der Waals surface area contributed by atoms with Crippen LogP contribution < -0.4 is 5.32 Å². The fourth-order valence-corrected chi connectivity index (χ4v) is 5.67. The summed E-state index contributed by atoms with van der Waals surface area (Å²) in [7, 11) is -3.38. The zero-order valence-corrected chi connectivity index (χ0v) is 13.6. The van der Waals surface area contributed by atoms with Crippen molar-refractivity contribution in [2.75, 3.05) is 13.1 Å². The van der Waals surface area contributed by atoms with E-state index in [-0.39, 0.29) is 12.1 Å². The normalized spacial score (nSPS) is 29.7. The molecule has 0 radical (unpaired) electrons. The predicted octanol–water partition coefficient (Wildman–Crippen LogP) is 2.01. The van der Waals surface area contributed by atoms with E-state index >= 15 is 0 Å². The highest BCUT2D eigenvalue weighted by Crippen LogP contribution is 2.36. The third kappa shape index (κ3) is 2.62. The van der Waals surface area contributed by atoms with Gasteiger partial charge >= 0.3 is 0 Å². The van der Waals surface area contributed by atoms with E-state index in [1.165, 1.54) is 5.56 Å². The summed E-state index contributed by atoms with van der Waals surface area (Å²) in [6.45, 7) is 5.88. The van der Waals surface area contributed by atoms with Crippen LogP contribution in [0.4, 0.5) is 0 Å². The summed E-state index contributed by atoms with van der Waals surface area (Å²) >= 11 is 0. The lowest BCUT2D eigenvalue weighted by molar-refractivity contribution is 0.336. The molecule has 3 rings (SSSR count). The Hall–Kier alpha value is -0.910. The molecular formula is C16H24N2O2S. The minimum atomic E-state index is -3.38. The standard InChI is InChI=1S/C16H24N2O2S/c1-3-4-13-5-7-15(8-6-13)21(19,20)18-12(2)9-14-10-17-11-16(14)18/h5-8,12,14,16-17H,3-4,9-11H2,1-2H3. The van der Waals surface area contributed by atoms with Crippen molar-refractivity contribution in [2.45, 2.75) is 50.1 Å². The zero-order chi connectivity index (χ0) is 15.0. The lowest BCUT2D eigenvalue weighted by Crippen LogP contribution is -2.42. The van der Waals surface area contributed by atoms with E-state index in [0.717, 1.165) is 32.4 Å². The maximum atomic E-state index is 13.0. The van der Waals surface area contributed by atoms with Gasteiger partial charge in [-0.3, -0.25) is 0 Å². The molecule has 0 spiro atoms. The van der Waals surface area contributed by atoms with Crippen molar-refractivity contribution in [2.24, 2.45) is 5.92 Å². The quantitative estimate of drug-likeness (QED) is 0.925. The number of fused-ring (bicyclic) bond motifs is 1. The van der Waals surface area contributed by atoms with Crippen molar-refractivity contribution >= 4 is 10.0 Å². The number of nitrogens with one attached hydrogen (secondary N) is 1. The molecule has 3 atom stereocenters. The van der Waals surface area contributed by atoms with Crippen LogP contribution in [0.15, 0.2) is 29.2 Å². The smallest absolute Gasteiger partial charge is 0.243 e. The van der Waals surface area contributed by atoms with Crippen LogP contribution >= 0.6 is 0 Å². The molecule has 4 nitrogen and oxygen atoms in total. The van der Waals surface area contributed by atoms with Gasteiger partial charge in [-0.1, -0.05) is 25.5 Å². The molecule has 0 aromatic heterocycles. The van der Waals surface area contributed by atoms with Gasteiger partial charge in [0.05, 0.1) is 4.90 Å². The van der Waals surface area contributed by atoms with Crippen molar-refractivity contribution in [3.05, 3.63) is 29.8 Å². The van der Waals surface area contributed by atoms with Crippen molar-refractivity contribution in [3.63, 3.8) is 0 Å². The fourth-order valence-electron chi connectivity index (χ4n) is 3.78. The van der Waals surface area contributed by atoms with Gasteiger partial charge in [-0.25, -0.2) is 8.42 Å². The highest BCUT2D eigenvalue weighted by molar-refractivity contribution is 7.89. The Balaban J connectivity index is 1.89. The van der Waals surface area contributed by atoms with E-state index in [1.807, 2.05) is 19.1 Å². The van der Waals surface area contributed by atoms with Crippen LogP contribution in [-0.4, -0.2) is 37.9 Å². The van der Waals surface area contributed by atoms with Gasteiger partial charge in [0.2, 0.25) is 10.0 Å². The molecule has 2 aliphatic heterocycles. The average Bonchev–Trinajstić information content (AvgIpc) is 2.99. The molecule has 3 unspecified atom stereocenters. The molecule has 2 heterocycles. The third-order valence-electron chi connectivity index (χ3n) is 4.75. The number of hydrogen-bond acceptors (Lipinski definition) is 3.